The fraction of sp³-hybridized carbons (Fsp3) is 0.133. The average molecular weight is 316 g/mol. The number of benzene rings is 1. The fourth-order valence-corrected chi connectivity index (χ4v) is 3.54. The van der Waals surface area contributed by atoms with Crippen LogP contribution >= 0.6 is 22.7 Å². The van der Waals surface area contributed by atoms with Crippen LogP contribution in [0, 0.1) is 0 Å². The van der Waals surface area contributed by atoms with Crippen LogP contribution in [0.3, 0.4) is 0 Å². The summed E-state index contributed by atoms with van der Waals surface area (Å²) in [7, 11) is 0. The van der Waals surface area contributed by atoms with Gasteiger partial charge in [0.25, 0.3) is 0 Å². The Kier molecular flexibility index (Phi) is 3.25. The second kappa shape index (κ2) is 5.38. The number of rotatable bonds is 4. The van der Waals surface area contributed by atoms with Gasteiger partial charge in [0.2, 0.25) is 6.79 Å². The Hall–Kier alpha value is -2.05. The van der Waals surface area contributed by atoms with Gasteiger partial charge in [-0.1, -0.05) is 0 Å². The van der Waals surface area contributed by atoms with Gasteiger partial charge in [-0.25, -0.2) is 4.98 Å². The minimum absolute atomic E-state index is 0.292. The van der Waals surface area contributed by atoms with Crippen LogP contribution in [-0.4, -0.2) is 11.8 Å². The molecular formula is C15H12N2O2S2. The smallest absolute Gasteiger partial charge is 0.231 e. The van der Waals surface area contributed by atoms with Gasteiger partial charge in [-0.05, 0) is 34.5 Å². The molecule has 6 heteroatoms. The Morgan fingerprint density at radius 1 is 1.14 bits per heavy atom. The molecule has 4 nitrogen and oxygen atoms in total. The van der Waals surface area contributed by atoms with Crippen LogP contribution in [0.25, 0.3) is 0 Å². The Balaban J connectivity index is 1.48. The van der Waals surface area contributed by atoms with Gasteiger partial charge in [0, 0.05) is 23.6 Å². The Morgan fingerprint density at radius 3 is 3.00 bits per heavy atom. The number of hydrogen-bond acceptors (Lipinski definition) is 6. The summed E-state index contributed by atoms with van der Waals surface area (Å²) in [4.78, 5) is 4.61. The zero-order valence-corrected chi connectivity index (χ0v) is 12.7. The molecule has 0 atom stereocenters. The third-order valence-corrected chi connectivity index (χ3v) is 4.68. The second-order valence-electron chi connectivity index (χ2n) is 4.65. The minimum Gasteiger partial charge on any atom is -0.454 e. The van der Waals surface area contributed by atoms with Gasteiger partial charge in [0.15, 0.2) is 16.6 Å². The van der Waals surface area contributed by atoms with E-state index in [1.165, 1.54) is 5.56 Å². The van der Waals surface area contributed by atoms with Crippen molar-refractivity contribution >= 4 is 33.5 Å². The molecule has 0 aliphatic carbocycles. The van der Waals surface area contributed by atoms with E-state index in [2.05, 4.69) is 32.5 Å². The Morgan fingerprint density at radius 2 is 2.10 bits per heavy atom. The second-order valence-corrected chi connectivity index (χ2v) is 6.28. The summed E-state index contributed by atoms with van der Waals surface area (Å²) in [6.45, 7) is 0.292. The molecule has 0 unspecified atom stereocenters. The normalized spacial score (nSPS) is 12.6. The van der Waals surface area contributed by atoms with Crippen molar-refractivity contribution in [2.45, 2.75) is 6.42 Å². The predicted molar refractivity (Wildman–Crippen MR) is 85.1 cm³/mol. The van der Waals surface area contributed by atoms with E-state index >= 15 is 0 Å². The van der Waals surface area contributed by atoms with E-state index in [0.717, 1.165) is 34.4 Å². The lowest BCUT2D eigenvalue weighted by Crippen LogP contribution is -1.93. The highest BCUT2D eigenvalue weighted by molar-refractivity contribution is 7.13. The summed E-state index contributed by atoms with van der Waals surface area (Å²) in [5, 5.41) is 10.5. The molecule has 0 fully saturated rings. The molecule has 3 aromatic rings. The lowest BCUT2D eigenvalue weighted by atomic mass is 10.2. The van der Waals surface area contributed by atoms with Crippen LogP contribution in [-0.2, 0) is 6.42 Å². The standard InChI is InChI=1S/C15H12N2O2S2/c1-2-13-14(19-9-18-13)6-11(1)16-15-17-12(8-21-15)5-10-3-4-20-7-10/h1-4,6-8H,5,9H2,(H,16,17). The quantitative estimate of drug-likeness (QED) is 0.780. The van der Waals surface area contributed by atoms with Gasteiger partial charge in [0.05, 0.1) is 5.69 Å². The zero-order valence-electron chi connectivity index (χ0n) is 11.0. The minimum atomic E-state index is 0.292. The highest BCUT2D eigenvalue weighted by Crippen LogP contribution is 2.35. The molecule has 106 valence electrons. The number of anilines is 2. The number of thiazole rings is 1. The maximum Gasteiger partial charge on any atom is 0.231 e. The number of thiophene rings is 1. The van der Waals surface area contributed by atoms with Gasteiger partial charge in [-0.3, -0.25) is 0 Å². The summed E-state index contributed by atoms with van der Waals surface area (Å²) in [6, 6.07) is 7.94. The number of hydrogen-bond donors (Lipinski definition) is 1. The van der Waals surface area contributed by atoms with Gasteiger partial charge in [0.1, 0.15) is 0 Å². The Bertz CT molecular complexity index is 753. The summed E-state index contributed by atoms with van der Waals surface area (Å²) in [5.41, 5.74) is 3.34. The van der Waals surface area contributed by atoms with Crippen molar-refractivity contribution in [3.8, 4) is 11.5 Å². The molecule has 0 radical (unpaired) electrons. The van der Waals surface area contributed by atoms with Crippen LogP contribution in [0.2, 0.25) is 0 Å². The molecule has 0 amide bonds. The van der Waals surface area contributed by atoms with E-state index in [1.54, 1.807) is 22.7 Å². The maximum absolute atomic E-state index is 5.37. The highest BCUT2D eigenvalue weighted by atomic mass is 32.1. The van der Waals surface area contributed by atoms with E-state index in [4.69, 9.17) is 9.47 Å². The Labute approximate surface area is 130 Å². The number of aromatic nitrogens is 1. The maximum atomic E-state index is 5.37. The summed E-state index contributed by atoms with van der Waals surface area (Å²) >= 11 is 3.32. The molecule has 0 spiro atoms. The first kappa shape index (κ1) is 12.7. The molecule has 3 heterocycles. The zero-order chi connectivity index (χ0) is 14.1. The van der Waals surface area contributed by atoms with Crippen molar-refractivity contribution in [2.24, 2.45) is 0 Å². The van der Waals surface area contributed by atoms with E-state index < -0.39 is 0 Å². The van der Waals surface area contributed by atoms with Crippen molar-refractivity contribution in [1.82, 2.24) is 4.98 Å². The first-order chi connectivity index (χ1) is 10.4. The van der Waals surface area contributed by atoms with E-state index in [0.29, 0.717) is 6.79 Å². The summed E-state index contributed by atoms with van der Waals surface area (Å²) in [6.07, 6.45) is 0.878. The lowest BCUT2D eigenvalue weighted by molar-refractivity contribution is 0.174. The SMILES string of the molecule is c1cc(Cc2csc(Nc3ccc4c(c3)OCO4)n2)cs1. The molecule has 4 rings (SSSR count). The number of ether oxygens (including phenoxy) is 2. The molecule has 0 saturated heterocycles. The number of nitrogens with one attached hydrogen (secondary N) is 1. The average Bonchev–Trinajstić information content (AvgIpc) is 3.21. The van der Waals surface area contributed by atoms with Crippen LogP contribution in [0.4, 0.5) is 10.8 Å². The molecule has 21 heavy (non-hydrogen) atoms. The number of nitrogens with zero attached hydrogens (tertiary/aromatic N) is 1. The lowest BCUT2D eigenvalue weighted by Gasteiger charge is -2.03. The molecule has 1 N–H and O–H groups in total. The van der Waals surface area contributed by atoms with Crippen molar-refractivity contribution in [3.63, 3.8) is 0 Å². The third-order valence-electron chi connectivity index (χ3n) is 3.14. The largest absolute Gasteiger partial charge is 0.454 e. The van der Waals surface area contributed by atoms with Crippen LogP contribution < -0.4 is 14.8 Å². The van der Waals surface area contributed by atoms with Crippen molar-refractivity contribution in [2.75, 3.05) is 12.1 Å². The van der Waals surface area contributed by atoms with Gasteiger partial charge in [-0.15, -0.1) is 11.3 Å². The fourth-order valence-electron chi connectivity index (χ4n) is 2.15. The summed E-state index contributed by atoms with van der Waals surface area (Å²) < 4.78 is 10.7. The van der Waals surface area contributed by atoms with E-state index in [1.807, 2.05) is 18.2 Å². The first-order valence-corrected chi connectivity index (χ1v) is 8.31. The monoisotopic (exact) mass is 316 g/mol. The van der Waals surface area contributed by atoms with E-state index in [9.17, 15) is 0 Å². The molecule has 0 saturated carbocycles. The first-order valence-electron chi connectivity index (χ1n) is 6.49. The van der Waals surface area contributed by atoms with Gasteiger partial charge < -0.3 is 14.8 Å². The molecule has 1 aromatic carbocycles. The summed E-state index contributed by atoms with van der Waals surface area (Å²) in [5.74, 6) is 1.56. The molecule has 1 aliphatic heterocycles. The number of fused-ring (bicyclic) bond motifs is 1. The molecule has 0 bridgehead atoms. The third kappa shape index (κ3) is 2.72. The molecule has 2 aromatic heterocycles. The van der Waals surface area contributed by atoms with Crippen LogP contribution in [0.15, 0.2) is 40.4 Å². The van der Waals surface area contributed by atoms with Gasteiger partial charge in [-0.2, -0.15) is 11.3 Å². The van der Waals surface area contributed by atoms with Crippen molar-refractivity contribution < 1.29 is 9.47 Å². The highest BCUT2D eigenvalue weighted by Gasteiger charge is 2.13. The topological polar surface area (TPSA) is 43.4 Å². The predicted octanol–water partition coefficient (Wildman–Crippen LogP) is 4.27. The van der Waals surface area contributed by atoms with Crippen molar-refractivity contribution in [1.29, 1.82) is 0 Å². The molecule has 1 aliphatic rings. The van der Waals surface area contributed by atoms with Gasteiger partial charge >= 0.3 is 0 Å². The van der Waals surface area contributed by atoms with E-state index in [-0.39, 0.29) is 0 Å². The van der Waals surface area contributed by atoms with Crippen LogP contribution in [0.5, 0.6) is 11.5 Å². The molecular weight excluding hydrogens is 304 g/mol. The van der Waals surface area contributed by atoms with Crippen LogP contribution in [0.1, 0.15) is 11.3 Å². The van der Waals surface area contributed by atoms with Crippen molar-refractivity contribution in [3.05, 3.63) is 51.7 Å².